The molecular weight excluding hydrogens is 324 g/mol. The van der Waals surface area contributed by atoms with Gasteiger partial charge in [-0.2, -0.15) is 0 Å². The Balaban J connectivity index is 1.57. The first-order valence-corrected chi connectivity index (χ1v) is 9.31. The van der Waals surface area contributed by atoms with E-state index in [-0.39, 0.29) is 24.5 Å². The van der Waals surface area contributed by atoms with Crippen LogP contribution in [0.1, 0.15) is 55.3 Å². The van der Waals surface area contributed by atoms with Crippen molar-refractivity contribution in [2.24, 2.45) is 0 Å². The monoisotopic (exact) mass is 350 g/mol. The fraction of sp³-hybridized carbons (Fsp3) is 0.579. The molecule has 0 saturated carbocycles. The number of carbonyl (C=O) groups excluding carboxylic acids is 2. The summed E-state index contributed by atoms with van der Waals surface area (Å²) in [5.41, 5.74) is 0.605. The molecule has 4 nitrogen and oxygen atoms in total. The summed E-state index contributed by atoms with van der Waals surface area (Å²) in [6.07, 6.45) is 6.71. The fourth-order valence-electron chi connectivity index (χ4n) is 2.99. The van der Waals surface area contributed by atoms with Crippen molar-refractivity contribution in [3.8, 4) is 0 Å². The minimum absolute atomic E-state index is 0.0219. The predicted molar refractivity (Wildman–Crippen MR) is 97.6 cm³/mol. The molecule has 1 fully saturated rings. The van der Waals surface area contributed by atoms with E-state index in [0.717, 1.165) is 13.0 Å². The maximum atomic E-state index is 12.0. The zero-order chi connectivity index (χ0) is 17.2. The lowest BCUT2D eigenvalue weighted by Gasteiger charge is -2.19. The Hall–Kier alpha value is -1.39. The Bertz CT molecular complexity index is 523. The summed E-state index contributed by atoms with van der Waals surface area (Å²) in [7, 11) is 0. The number of ketones is 1. The summed E-state index contributed by atoms with van der Waals surface area (Å²) in [6.45, 7) is 4.10. The number of benzene rings is 1. The molecule has 0 bridgehead atoms. The Kier molecular flexibility index (Phi) is 8.26. The van der Waals surface area contributed by atoms with E-state index in [4.69, 9.17) is 11.6 Å². The molecule has 1 aromatic carbocycles. The van der Waals surface area contributed by atoms with Gasteiger partial charge < -0.3 is 10.2 Å². The molecule has 1 aliphatic rings. The van der Waals surface area contributed by atoms with Gasteiger partial charge in [-0.15, -0.1) is 0 Å². The van der Waals surface area contributed by atoms with Crippen LogP contribution in [-0.4, -0.2) is 42.8 Å². The Morgan fingerprint density at radius 3 is 2.33 bits per heavy atom. The predicted octanol–water partition coefficient (Wildman–Crippen LogP) is 3.69. The SMILES string of the molecule is O=C(CCC(=O)c1ccc(Cl)cc1)NCCCN1CCCCCC1. The van der Waals surface area contributed by atoms with Crippen LogP contribution in [0.3, 0.4) is 0 Å². The molecule has 1 aliphatic heterocycles. The Labute approximate surface area is 149 Å². The second kappa shape index (κ2) is 10.5. The first-order chi connectivity index (χ1) is 11.6. The van der Waals surface area contributed by atoms with Gasteiger partial charge in [-0.1, -0.05) is 24.4 Å². The molecule has 2 rings (SSSR count). The maximum absolute atomic E-state index is 12.0. The molecule has 0 spiro atoms. The van der Waals surface area contributed by atoms with Crippen LogP contribution in [0.2, 0.25) is 5.02 Å². The van der Waals surface area contributed by atoms with Crippen molar-refractivity contribution in [1.29, 1.82) is 0 Å². The van der Waals surface area contributed by atoms with Gasteiger partial charge >= 0.3 is 0 Å². The van der Waals surface area contributed by atoms with Gasteiger partial charge in [0.2, 0.25) is 5.91 Å². The number of amides is 1. The summed E-state index contributed by atoms with van der Waals surface area (Å²) >= 11 is 5.80. The highest BCUT2D eigenvalue weighted by Gasteiger charge is 2.10. The number of halogens is 1. The van der Waals surface area contributed by atoms with Crippen molar-refractivity contribution in [2.45, 2.75) is 44.9 Å². The first kappa shape index (κ1) is 18.9. The number of Topliss-reactive ketones (excluding diaryl/α,β-unsaturated/α-hetero) is 1. The second-order valence-corrected chi connectivity index (χ2v) is 6.83. The van der Waals surface area contributed by atoms with Gasteiger partial charge in [0.1, 0.15) is 0 Å². The second-order valence-electron chi connectivity index (χ2n) is 6.39. The zero-order valence-electron chi connectivity index (χ0n) is 14.2. The van der Waals surface area contributed by atoms with Gasteiger partial charge in [0.15, 0.2) is 5.78 Å². The molecule has 1 N–H and O–H groups in total. The third-order valence-electron chi connectivity index (χ3n) is 4.42. The number of hydrogen-bond acceptors (Lipinski definition) is 3. The van der Waals surface area contributed by atoms with Crippen LogP contribution in [0.5, 0.6) is 0 Å². The summed E-state index contributed by atoms with van der Waals surface area (Å²) < 4.78 is 0. The van der Waals surface area contributed by atoms with E-state index in [1.54, 1.807) is 24.3 Å². The third kappa shape index (κ3) is 7.02. The lowest BCUT2D eigenvalue weighted by molar-refractivity contribution is -0.121. The molecule has 0 aromatic heterocycles. The summed E-state index contributed by atoms with van der Waals surface area (Å²) in [5, 5.41) is 3.52. The van der Waals surface area contributed by atoms with Gasteiger partial charge in [-0.3, -0.25) is 9.59 Å². The van der Waals surface area contributed by atoms with E-state index >= 15 is 0 Å². The number of nitrogens with zero attached hydrogens (tertiary/aromatic N) is 1. The highest BCUT2D eigenvalue weighted by molar-refractivity contribution is 6.30. The van der Waals surface area contributed by atoms with Crippen molar-refractivity contribution in [3.05, 3.63) is 34.9 Å². The van der Waals surface area contributed by atoms with Gasteiger partial charge in [0.05, 0.1) is 0 Å². The quantitative estimate of drug-likeness (QED) is 0.574. The van der Waals surface area contributed by atoms with Gasteiger partial charge in [0.25, 0.3) is 0 Å². The molecule has 0 aliphatic carbocycles. The summed E-state index contributed by atoms with van der Waals surface area (Å²) in [5.74, 6) is -0.0698. The van der Waals surface area contributed by atoms with E-state index < -0.39 is 0 Å². The fourth-order valence-corrected chi connectivity index (χ4v) is 3.11. The van der Waals surface area contributed by atoms with Crippen molar-refractivity contribution < 1.29 is 9.59 Å². The highest BCUT2D eigenvalue weighted by atomic mass is 35.5. The molecule has 0 atom stereocenters. The average molecular weight is 351 g/mol. The van der Waals surface area contributed by atoms with Crippen LogP contribution in [-0.2, 0) is 4.79 Å². The van der Waals surface area contributed by atoms with Crippen LogP contribution < -0.4 is 5.32 Å². The van der Waals surface area contributed by atoms with E-state index in [9.17, 15) is 9.59 Å². The topological polar surface area (TPSA) is 49.4 Å². The lowest BCUT2D eigenvalue weighted by Crippen LogP contribution is -2.30. The van der Waals surface area contributed by atoms with Crippen molar-refractivity contribution in [1.82, 2.24) is 10.2 Å². The van der Waals surface area contributed by atoms with Gasteiger partial charge in [-0.25, -0.2) is 0 Å². The molecule has 1 aromatic rings. The third-order valence-corrected chi connectivity index (χ3v) is 4.67. The Morgan fingerprint density at radius 2 is 1.67 bits per heavy atom. The first-order valence-electron chi connectivity index (χ1n) is 8.93. The molecule has 1 amide bonds. The zero-order valence-corrected chi connectivity index (χ0v) is 15.0. The van der Waals surface area contributed by atoms with E-state index in [0.29, 0.717) is 17.1 Å². The van der Waals surface area contributed by atoms with Crippen LogP contribution in [0, 0.1) is 0 Å². The number of carbonyl (C=O) groups is 2. The normalized spacial score (nSPS) is 15.7. The Morgan fingerprint density at radius 1 is 1.00 bits per heavy atom. The molecule has 5 heteroatoms. The number of rotatable bonds is 8. The molecule has 132 valence electrons. The smallest absolute Gasteiger partial charge is 0.220 e. The number of nitrogens with one attached hydrogen (secondary N) is 1. The van der Waals surface area contributed by atoms with Crippen LogP contribution in [0.25, 0.3) is 0 Å². The number of likely N-dealkylation sites (tertiary alicyclic amines) is 1. The molecular formula is C19H27ClN2O2. The van der Waals surface area contributed by atoms with Crippen molar-refractivity contribution in [3.63, 3.8) is 0 Å². The van der Waals surface area contributed by atoms with Crippen LogP contribution in [0.15, 0.2) is 24.3 Å². The van der Waals surface area contributed by atoms with E-state index in [1.165, 1.54) is 38.8 Å². The molecule has 24 heavy (non-hydrogen) atoms. The minimum Gasteiger partial charge on any atom is -0.356 e. The van der Waals surface area contributed by atoms with Crippen molar-refractivity contribution >= 4 is 23.3 Å². The minimum atomic E-state index is -0.0480. The summed E-state index contributed by atoms with van der Waals surface area (Å²) in [4.78, 5) is 26.3. The van der Waals surface area contributed by atoms with Gasteiger partial charge in [0, 0.05) is 30.0 Å². The highest BCUT2D eigenvalue weighted by Crippen LogP contribution is 2.12. The summed E-state index contributed by atoms with van der Waals surface area (Å²) in [6, 6.07) is 6.78. The largest absolute Gasteiger partial charge is 0.356 e. The maximum Gasteiger partial charge on any atom is 0.220 e. The molecule has 0 unspecified atom stereocenters. The van der Waals surface area contributed by atoms with Crippen molar-refractivity contribution in [2.75, 3.05) is 26.2 Å². The van der Waals surface area contributed by atoms with E-state index in [1.807, 2.05) is 0 Å². The standard InChI is InChI=1S/C19H27ClN2O2/c20-17-8-6-16(7-9-17)18(23)10-11-19(24)21-12-5-15-22-13-3-1-2-4-14-22/h6-9H,1-5,10-15H2,(H,21,24). The molecule has 1 saturated heterocycles. The molecule has 0 radical (unpaired) electrons. The van der Waals surface area contributed by atoms with E-state index in [2.05, 4.69) is 10.2 Å². The van der Waals surface area contributed by atoms with Crippen LogP contribution in [0.4, 0.5) is 0 Å². The average Bonchev–Trinajstić information content (AvgIpc) is 2.86. The number of hydrogen-bond donors (Lipinski definition) is 1. The lowest BCUT2D eigenvalue weighted by atomic mass is 10.1. The van der Waals surface area contributed by atoms with Gasteiger partial charge in [-0.05, 0) is 63.2 Å². The molecule has 1 heterocycles. The van der Waals surface area contributed by atoms with Crippen LogP contribution >= 0.6 is 11.6 Å².